The summed E-state index contributed by atoms with van der Waals surface area (Å²) in [5, 5.41) is 11.4. The number of carbonyl (C=O) groups is 2. The predicted octanol–water partition coefficient (Wildman–Crippen LogP) is 0.0712. The van der Waals surface area contributed by atoms with Gasteiger partial charge in [0.2, 0.25) is 0 Å². The molecule has 0 spiro atoms. The van der Waals surface area contributed by atoms with Gasteiger partial charge in [0.25, 0.3) is 5.91 Å². The van der Waals surface area contributed by atoms with Crippen LogP contribution in [-0.2, 0) is 0 Å². The molecule has 1 rings (SSSR count). The zero-order valence-electron chi connectivity index (χ0n) is 9.80. The maximum atomic E-state index is 11.6. The van der Waals surface area contributed by atoms with E-state index in [9.17, 15) is 9.59 Å². The van der Waals surface area contributed by atoms with E-state index in [1.807, 2.05) is 19.0 Å². The molecule has 0 unspecified atom stereocenters. The molecule has 0 aliphatic carbocycles. The lowest BCUT2D eigenvalue weighted by Crippen LogP contribution is -2.31. The van der Waals surface area contributed by atoms with Crippen LogP contribution < -0.4 is 5.32 Å². The SMILES string of the molecule is CN(C)CCNC(=O)c1ccc(C(=O)O)cn1. The van der Waals surface area contributed by atoms with Crippen molar-refractivity contribution in [3.63, 3.8) is 0 Å². The minimum absolute atomic E-state index is 0.0647. The minimum Gasteiger partial charge on any atom is -0.478 e. The number of aromatic carboxylic acids is 1. The van der Waals surface area contributed by atoms with E-state index in [0.717, 1.165) is 6.54 Å². The van der Waals surface area contributed by atoms with E-state index >= 15 is 0 Å². The van der Waals surface area contributed by atoms with Crippen molar-refractivity contribution in [3.8, 4) is 0 Å². The molecule has 1 heterocycles. The Morgan fingerprint density at radius 1 is 1.41 bits per heavy atom. The normalized spacial score (nSPS) is 10.3. The van der Waals surface area contributed by atoms with Gasteiger partial charge in [0.05, 0.1) is 5.56 Å². The summed E-state index contributed by atoms with van der Waals surface area (Å²) in [7, 11) is 3.82. The fourth-order valence-corrected chi connectivity index (χ4v) is 1.14. The van der Waals surface area contributed by atoms with Gasteiger partial charge in [-0.15, -0.1) is 0 Å². The molecule has 6 heteroatoms. The van der Waals surface area contributed by atoms with Crippen molar-refractivity contribution >= 4 is 11.9 Å². The van der Waals surface area contributed by atoms with E-state index in [1.165, 1.54) is 18.3 Å². The molecule has 0 bridgehead atoms. The molecular weight excluding hydrogens is 222 g/mol. The summed E-state index contributed by atoms with van der Waals surface area (Å²) in [6, 6.07) is 2.75. The van der Waals surface area contributed by atoms with Crippen LogP contribution in [0.5, 0.6) is 0 Å². The van der Waals surface area contributed by atoms with E-state index in [4.69, 9.17) is 5.11 Å². The van der Waals surface area contributed by atoms with Crippen molar-refractivity contribution in [3.05, 3.63) is 29.6 Å². The Morgan fingerprint density at radius 3 is 2.59 bits per heavy atom. The fraction of sp³-hybridized carbons (Fsp3) is 0.364. The third-order valence-corrected chi connectivity index (χ3v) is 2.09. The van der Waals surface area contributed by atoms with Crippen LogP contribution in [0.3, 0.4) is 0 Å². The number of rotatable bonds is 5. The summed E-state index contributed by atoms with van der Waals surface area (Å²) in [6.07, 6.45) is 1.17. The second-order valence-corrected chi connectivity index (χ2v) is 3.80. The average molecular weight is 237 g/mol. The van der Waals surface area contributed by atoms with Gasteiger partial charge in [0.15, 0.2) is 0 Å². The van der Waals surface area contributed by atoms with Crippen LogP contribution in [0.4, 0.5) is 0 Å². The Labute approximate surface area is 99.3 Å². The Balaban J connectivity index is 2.55. The molecule has 0 radical (unpaired) electrons. The number of carbonyl (C=O) groups excluding carboxylic acids is 1. The third kappa shape index (κ3) is 4.20. The Hall–Kier alpha value is -1.95. The van der Waals surface area contributed by atoms with Crippen molar-refractivity contribution < 1.29 is 14.7 Å². The Bertz CT molecular complexity index is 401. The number of carboxylic acid groups (broad SMARTS) is 1. The first-order chi connectivity index (χ1) is 8.00. The van der Waals surface area contributed by atoms with Gasteiger partial charge in [0, 0.05) is 19.3 Å². The maximum Gasteiger partial charge on any atom is 0.337 e. The van der Waals surface area contributed by atoms with Crippen LogP contribution in [0.1, 0.15) is 20.8 Å². The summed E-state index contributed by atoms with van der Waals surface area (Å²) < 4.78 is 0. The molecule has 6 nitrogen and oxygen atoms in total. The molecule has 0 aliphatic heterocycles. The average Bonchev–Trinajstić information content (AvgIpc) is 2.28. The van der Waals surface area contributed by atoms with Gasteiger partial charge >= 0.3 is 5.97 Å². The zero-order chi connectivity index (χ0) is 12.8. The van der Waals surface area contributed by atoms with E-state index in [2.05, 4.69) is 10.3 Å². The van der Waals surface area contributed by atoms with Crippen LogP contribution in [0.2, 0.25) is 0 Å². The highest BCUT2D eigenvalue weighted by Crippen LogP contribution is 2.00. The van der Waals surface area contributed by atoms with Gasteiger partial charge in [-0.3, -0.25) is 9.78 Å². The number of nitrogens with one attached hydrogen (secondary N) is 1. The molecule has 0 aromatic carbocycles. The zero-order valence-corrected chi connectivity index (χ0v) is 9.80. The molecule has 1 amide bonds. The molecule has 0 saturated heterocycles. The summed E-state index contributed by atoms with van der Waals surface area (Å²) in [5.41, 5.74) is 0.281. The first-order valence-corrected chi connectivity index (χ1v) is 5.13. The lowest BCUT2D eigenvalue weighted by Gasteiger charge is -2.09. The number of hydrogen-bond acceptors (Lipinski definition) is 4. The van der Waals surface area contributed by atoms with E-state index < -0.39 is 5.97 Å². The summed E-state index contributed by atoms with van der Waals surface area (Å²) in [5.74, 6) is -1.36. The molecule has 1 aromatic heterocycles. The van der Waals surface area contributed by atoms with Crippen LogP contribution in [-0.4, -0.2) is 54.1 Å². The topological polar surface area (TPSA) is 82.5 Å². The maximum absolute atomic E-state index is 11.6. The number of hydrogen-bond donors (Lipinski definition) is 2. The number of nitrogens with zero attached hydrogens (tertiary/aromatic N) is 2. The second kappa shape index (κ2) is 5.95. The van der Waals surface area contributed by atoms with Gasteiger partial charge < -0.3 is 15.3 Å². The lowest BCUT2D eigenvalue weighted by molar-refractivity contribution is 0.0695. The number of likely N-dealkylation sites (N-methyl/N-ethyl adjacent to an activating group) is 1. The third-order valence-electron chi connectivity index (χ3n) is 2.09. The van der Waals surface area contributed by atoms with Crippen molar-refractivity contribution in [2.75, 3.05) is 27.2 Å². The van der Waals surface area contributed by atoms with Crippen molar-refractivity contribution in [1.82, 2.24) is 15.2 Å². The predicted molar refractivity (Wildman–Crippen MR) is 62.1 cm³/mol. The highest BCUT2D eigenvalue weighted by atomic mass is 16.4. The number of amides is 1. The number of aromatic nitrogens is 1. The number of pyridine rings is 1. The quantitative estimate of drug-likeness (QED) is 0.757. The molecule has 0 fully saturated rings. The van der Waals surface area contributed by atoms with Crippen molar-refractivity contribution in [1.29, 1.82) is 0 Å². The second-order valence-electron chi connectivity index (χ2n) is 3.80. The molecule has 0 saturated carbocycles. The molecule has 0 aliphatic rings. The minimum atomic E-state index is -1.06. The Kier molecular flexibility index (Phi) is 4.59. The van der Waals surface area contributed by atoms with Gasteiger partial charge in [-0.05, 0) is 26.2 Å². The standard InChI is InChI=1S/C11H15N3O3/c1-14(2)6-5-12-10(15)9-4-3-8(7-13-9)11(16)17/h3-4,7H,5-6H2,1-2H3,(H,12,15)(H,16,17). The monoisotopic (exact) mass is 237 g/mol. The smallest absolute Gasteiger partial charge is 0.337 e. The van der Waals surface area contributed by atoms with E-state index in [0.29, 0.717) is 6.54 Å². The Morgan fingerprint density at radius 2 is 2.12 bits per heavy atom. The van der Waals surface area contributed by atoms with Crippen molar-refractivity contribution in [2.45, 2.75) is 0 Å². The van der Waals surface area contributed by atoms with Gasteiger partial charge in [-0.25, -0.2) is 4.79 Å². The van der Waals surface area contributed by atoms with Crippen LogP contribution in [0.25, 0.3) is 0 Å². The highest BCUT2D eigenvalue weighted by Gasteiger charge is 2.08. The van der Waals surface area contributed by atoms with Gasteiger partial charge in [-0.2, -0.15) is 0 Å². The first-order valence-electron chi connectivity index (χ1n) is 5.13. The van der Waals surface area contributed by atoms with Crippen LogP contribution >= 0.6 is 0 Å². The van der Waals surface area contributed by atoms with Gasteiger partial charge in [0.1, 0.15) is 5.69 Å². The van der Waals surface area contributed by atoms with Gasteiger partial charge in [-0.1, -0.05) is 0 Å². The van der Waals surface area contributed by atoms with E-state index in [-0.39, 0.29) is 17.2 Å². The highest BCUT2D eigenvalue weighted by molar-refractivity contribution is 5.93. The van der Waals surface area contributed by atoms with Crippen molar-refractivity contribution in [2.24, 2.45) is 0 Å². The first kappa shape index (κ1) is 13.1. The lowest BCUT2D eigenvalue weighted by atomic mass is 10.2. The fourth-order valence-electron chi connectivity index (χ4n) is 1.14. The summed E-state index contributed by atoms with van der Waals surface area (Å²) in [6.45, 7) is 1.26. The number of carboxylic acids is 1. The van der Waals surface area contributed by atoms with Crippen LogP contribution in [0.15, 0.2) is 18.3 Å². The molecule has 2 N–H and O–H groups in total. The largest absolute Gasteiger partial charge is 0.478 e. The molecule has 0 atom stereocenters. The molecule has 92 valence electrons. The molecular formula is C11H15N3O3. The molecule has 1 aromatic rings. The van der Waals surface area contributed by atoms with Crippen LogP contribution in [0, 0.1) is 0 Å². The summed E-state index contributed by atoms with van der Waals surface area (Å²) >= 11 is 0. The summed E-state index contributed by atoms with van der Waals surface area (Å²) in [4.78, 5) is 27.9. The van der Waals surface area contributed by atoms with E-state index in [1.54, 1.807) is 0 Å². The molecule has 17 heavy (non-hydrogen) atoms.